The summed E-state index contributed by atoms with van der Waals surface area (Å²) in [5.74, 6) is 1.14. The van der Waals surface area contributed by atoms with E-state index in [9.17, 15) is 4.79 Å². The first kappa shape index (κ1) is 16.0. The molecule has 24 heavy (non-hydrogen) atoms. The van der Waals surface area contributed by atoms with Gasteiger partial charge in [0.1, 0.15) is 0 Å². The average molecular weight is 351 g/mol. The fraction of sp³-hybridized carbons (Fsp3) is 0.611. The Morgan fingerprint density at radius 2 is 1.79 bits per heavy atom. The van der Waals surface area contributed by atoms with Crippen LogP contribution in [0.25, 0.3) is 0 Å². The number of carbonyl (C=O) groups excluding carboxylic acids is 1. The molecule has 5 nitrogen and oxygen atoms in total. The number of ether oxygens (including phenoxy) is 2. The van der Waals surface area contributed by atoms with E-state index in [1.807, 2.05) is 4.90 Å². The zero-order valence-electron chi connectivity index (χ0n) is 13.8. The molecule has 3 heterocycles. The highest BCUT2D eigenvalue weighted by atomic mass is 35.5. The highest BCUT2D eigenvalue weighted by Gasteiger charge is 2.29. The molecule has 0 aliphatic carbocycles. The first-order chi connectivity index (χ1) is 11.7. The third kappa shape index (κ3) is 3.07. The highest BCUT2D eigenvalue weighted by molar-refractivity contribution is 6.32. The van der Waals surface area contributed by atoms with Crippen LogP contribution < -0.4 is 9.47 Å². The molecule has 0 bridgehead atoms. The predicted octanol–water partition coefficient (Wildman–Crippen LogP) is 3.16. The number of nitrogens with zero attached hydrogens (tertiary/aromatic N) is 2. The SMILES string of the molecule is O=C(c1cc(Cl)c2c(c1)OCO2)N1CCC(N2CCCCC2)CC1. The molecule has 2 fully saturated rings. The molecule has 0 spiro atoms. The summed E-state index contributed by atoms with van der Waals surface area (Å²) in [5.41, 5.74) is 0.584. The lowest BCUT2D eigenvalue weighted by Gasteiger charge is -2.40. The number of hydrogen-bond acceptors (Lipinski definition) is 4. The zero-order valence-corrected chi connectivity index (χ0v) is 14.6. The van der Waals surface area contributed by atoms with Crippen molar-refractivity contribution in [1.29, 1.82) is 0 Å². The summed E-state index contributed by atoms with van der Waals surface area (Å²) in [5, 5.41) is 0.441. The van der Waals surface area contributed by atoms with Crippen LogP contribution in [0.5, 0.6) is 11.5 Å². The summed E-state index contributed by atoms with van der Waals surface area (Å²) in [6, 6.07) is 4.07. The predicted molar refractivity (Wildman–Crippen MR) is 91.9 cm³/mol. The molecule has 4 rings (SSSR count). The molecular weight excluding hydrogens is 328 g/mol. The number of fused-ring (bicyclic) bond motifs is 1. The molecule has 130 valence electrons. The fourth-order valence-corrected chi connectivity index (χ4v) is 4.26. The van der Waals surface area contributed by atoms with Crippen molar-refractivity contribution in [2.45, 2.75) is 38.1 Å². The Labute approximate surface area is 147 Å². The minimum absolute atomic E-state index is 0.0345. The number of benzene rings is 1. The number of piperidine rings is 2. The Morgan fingerprint density at radius 1 is 1.04 bits per heavy atom. The second kappa shape index (κ2) is 6.81. The number of amides is 1. The fourth-order valence-electron chi connectivity index (χ4n) is 3.99. The van der Waals surface area contributed by atoms with E-state index in [-0.39, 0.29) is 12.7 Å². The molecule has 0 unspecified atom stereocenters. The van der Waals surface area contributed by atoms with Gasteiger partial charge in [-0.1, -0.05) is 18.0 Å². The van der Waals surface area contributed by atoms with Crippen LogP contribution in [0.15, 0.2) is 12.1 Å². The van der Waals surface area contributed by atoms with Gasteiger partial charge in [-0.05, 0) is 50.9 Å². The molecule has 3 aliphatic heterocycles. The van der Waals surface area contributed by atoms with E-state index in [1.54, 1.807) is 12.1 Å². The van der Waals surface area contributed by atoms with E-state index in [0.29, 0.717) is 28.1 Å². The summed E-state index contributed by atoms with van der Waals surface area (Å²) in [6.45, 7) is 4.22. The second-order valence-corrected chi connectivity index (χ2v) is 7.22. The highest BCUT2D eigenvalue weighted by Crippen LogP contribution is 2.40. The lowest BCUT2D eigenvalue weighted by Crippen LogP contribution is -2.48. The van der Waals surface area contributed by atoms with Gasteiger partial charge in [0.05, 0.1) is 5.02 Å². The Kier molecular flexibility index (Phi) is 4.55. The number of rotatable bonds is 2. The topological polar surface area (TPSA) is 42.0 Å². The van der Waals surface area contributed by atoms with Crippen molar-refractivity contribution in [2.24, 2.45) is 0 Å². The maximum Gasteiger partial charge on any atom is 0.254 e. The number of halogens is 1. The molecular formula is C18H23ClN2O3. The Balaban J connectivity index is 1.40. The van der Waals surface area contributed by atoms with Crippen LogP contribution in [-0.2, 0) is 0 Å². The van der Waals surface area contributed by atoms with Gasteiger partial charge in [0, 0.05) is 24.7 Å². The van der Waals surface area contributed by atoms with E-state index < -0.39 is 0 Å². The molecule has 6 heteroatoms. The van der Waals surface area contributed by atoms with Crippen molar-refractivity contribution >= 4 is 17.5 Å². The van der Waals surface area contributed by atoms with Gasteiger partial charge in [0.15, 0.2) is 11.5 Å². The van der Waals surface area contributed by atoms with E-state index in [2.05, 4.69) is 4.90 Å². The Bertz CT molecular complexity index is 623. The lowest BCUT2D eigenvalue weighted by molar-refractivity contribution is 0.0589. The molecule has 0 aromatic heterocycles. The molecule has 0 radical (unpaired) electrons. The van der Waals surface area contributed by atoms with Crippen LogP contribution in [0.1, 0.15) is 42.5 Å². The Morgan fingerprint density at radius 3 is 2.54 bits per heavy atom. The van der Waals surface area contributed by atoms with Crippen LogP contribution in [0.3, 0.4) is 0 Å². The standard InChI is InChI=1S/C18H23ClN2O3/c19-15-10-13(11-16-17(15)24-12-23-16)18(22)21-8-4-14(5-9-21)20-6-2-1-3-7-20/h10-11,14H,1-9,12H2. The minimum Gasteiger partial charge on any atom is -0.454 e. The van der Waals surface area contributed by atoms with Crippen molar-refractivity contribution in [3.05, 3.63) is 22.7 Å². The number of hydrogen-bond donors (Lipinski definition) is 0. The van der Waals surface area contributed by atoms with Gasteiger partial charge in [0.25, 0.3) is 5.91 Å². The van der Waals surface area contributed by atoms with Crippen LogP contribution in [0.4, 0.5) is 0 Å². The van der Waals surface area contributed by atoms with E-state index in [1.165, 1.54) is 32.4 Å². The van der Waals surface area contributed by atoms with Gasteiger partial charge in [-0.3, -0.25) is 4.79 Å². The molecule has 1 amide bonds. The quantitative estimate of drug-likeness (QED) is 0.821. The van der Waals surface area contributed by atoms with E-state index in [4.69, 9.17) is 21.1 Å². The molecule has 0 N–H and O–H groups in total. The summed E-state index contributed by atoms with van der Waals surface area (Å²) < 4.78 is 10.7. The summed E-state index contributed by atoms with van der Waals surface area (Å²) in [6.07, 6.45) is 6.11. The molecule has 1 aromatic rings. The van der Waals surface area contributed by atoms with Crippen LogP contribution in [0.2, 0.25) is 5.02 Å². The largest absolute Gasteiger partial charge is 0.454 e. The molecule has 0 atom stereocenters. The molecule has 1 aromatic carbocycles. The lowest BCUT2D eigenvalue weighted by atomic mass is 9.99. The van der Waals surface area contributed by atoms with Crippen molar-refractivity contribution in [3.8, 4) is 11.5 Å². The van der Waals surface area contributed by atoms with Crippen molar-refractivity contribution in [2.75, 3.05) is 33.0 Å². The molecule has 3 aliphatic rings. The second-order valence-electron chi connectivity index (χ2n) is 6.81. The normalized spacial score (nSPS) is 22.0. The molecule has 0 saturated carbocycles. The first-order valence-electron chi connectivity index (χ1n) is 8.85. The third-order valence-electron chi connectivity index (χ3n) is 5.33. The van der Waals surface area contributed by atoms with E-state index >= 15 is 0 Å². The molecule has 2 saturated heterocycles. The monoisotopic (exact) mass is 350 g/mol. The summed E-state index contributed by atoms with van der Waals surface area (Å²) in [4.78, 5) is 17.3. The Hall–Kier alpha value is -1.46. The van der Waals surface area contributed by atoms with Crippen LogP contribution in [-0.4, -0.2) is 54.7 Å². The number of likely N-dealkylation sites (tertiary alicyclic amines) is 2. The van der Waals surface area contributed by atoms with Gasteiger partial charge in [0.2, 0.25) is 6.79 Å². The van der Waals surface area contributed by atoms with Crippen LogP contribution >= 0.6 is 11.6 Å². The van der Waals surface area contributed by atoms with Crippen molar-refractivity contribution in [3.63, 3.8) is 0 Å². The third-order valence-corrected chi connectivity index (χ3v) is 5.61. The van der Waals surface area contributed by atoms with Gasteiger partial charge in [-0.25, -0.2) is 0 Å². The van der Waals surface area contributed by atoms with Gasteiger partial charge < -0.3 is 19.3 Å². The first-order valence-corrected chi connectivity index (χ1v) is 9.22. The smallest absolute Gasteiger partial charge is 0.254 e. The van der Waals surface area contributed by atoms with Crippen molar-refractivity contribution in [1.82, 2.24) is 9.80 Å². The number of carbonyl (C=O) groups is 1. The van der Waals surface area contributed by atoms with Crippen molar-refractivity contribution < 1.29 is 14.3 Å². The van der Waals surface area contributed by atoms with Gasteiger partial charge in [-0.15, -0.1) is 0 Å². The summed E-state index contributed by atoms with van der Waals surface area (Å²) in [7, 11) is 0. The average Bonchev–Trinajstić information content (AvgIpc) is 3.11. The summed E-state index contributed by atoms with van der Waals surface area (Å²) >= 11 is 6.20. The van der Waals surface area contributed by atoms with E-state index in [0.717, 1.165) is 25.9 Å². The minimum atomic E-state index is 0.0345. The maximum absolute atomic E-state index is 12.8. The zero-order chi connectivity index (χ0) is 16.5. The maximum atomic E-state index is 12.8. The van der Waals surface area contributed by atoms with Gasteiger partial charge >= 0.3 is 0 Å². The van der Waals surface area contributed by atoms with Gasteiger partial charge in [-0.2, -0.15) is 0 Å². The van der Waals surface area contributed by atoms with Crippen LogP contribution in [0, 0.1) is 0 Å².